The lowest BCUT2D eigenvalue weighted by molar-refractivity contribution is -0.142. The van der Waals surface area contributed by atoms with Crippen molar-refractivity contribution in [2.45, 2.75) is 62.4 Å². The van der Waals surface area contributed by atoms with Crippen LogP contribution in [-0.4, -0.2) is 46.4 Å². The fourth-order valence-electron chi connectivity index (χ4n) is 6.50. The molecule has 1 aliphatic carbocycles. The molecule has 1 saturated carbocycles. The van der Waals surface area contributed by atoms with Gasteiger partial charge in [0.25, 0.3) is 0 Å². The van der Waals surface area contributed by atoms with Gasteiger partial charge in [0.2, 0.25) is 17.7 Å². The molecular weight excluding hydrogens is 490 g/mol. The number of ether oxygens (including phenoxy) is 1. The van der Waals surface area contributed by atoms with Gasteiger partial charge in [-0.15, -0.1) is 0 Å². The van der Waals surface area contributed by atoms with Gasteiger partial charge in [-0.05, 0) is 42.7 Å². The SMILES string of the molecule is O=C(Nc1ccc(Cl)cc1)[C@H]1[C@H]2C=C[C@]3(O2)[C@H](C(=O)NC2CCCCC2)N(Cc2ccccc2)C(=O)[C@@H]13. The van der Waals surface area contributed by atoms with Crippen molar-refractivity contribution in [2.24, 2.45) is 11.8 Å². The Kier molecular flexibility index (Phi) is 6.29. The number of amides is 3. The first-order chi connectivity index (χ1) is 18.0. The van der Waals surface area contributed by atoms with E-state index in [1.807, 2.05) is 42.5 Å². The number of nitrogens with one attached hydrogen (secondary N) is 2. The van der Waals surface area contributed by atoms with Crippen molar-refractivity contribution in [3.8, 4) is 0 Å². The molecular formula is C29H30ClN3O4. The third-order valence-corrected chi connectivity index (χ3v) is 8.44. The molecule has 1 spiro atoms. The van der Waals surface area contributed by atoms with E-state index in [9.17, 15) is 14.4 Å². The van der Waals surface area contributed by atoms with Crippen LogP contribution in [0.3, 0.4) is 0 Å². The molecule has 8 heteroatoms. The van der Waals surface area contributed by atoms with Gasteiger partial charge >= 0.3 is 0 Å². The van der Waals surface area contributed by atoms with Gasteiger partial charge in [-0.3, -0.25) is 14.4 Å². The van der Waals surface area contributed by atoms with E-state index in [2.05, 4.69) is 10.6 Å². The average Bonchev–Trinajstić information content (AvgIpc) is 3.54. The standard InChI is InChI=1S/C29H30ClN3O4/c30-19-11-13-21(14-12-19)31-26(34)23-22-15-16-29(37-22)24(23)28(36)33(17-18-7-3-1-4-8-18)25(29)27(35)32-20-9-5-2-6-10-20/h1,3-4,7-8,11-16,20,22-25H,2,5-6,9-10,17H2,(H,31,34)(H,32,35)/t22-,23+,24-,25+,29-/m1/s1. The molecule has 2 aromatic carbocycles. The maximum atomic E-state index is 14.0. The summed E-state index contributed by atoms with van der Waals surface area (Å²) >= 11 is 5.99. The Hall–Kier alpha value is -3.16. The monoisotopic (exact) mass is 519 g/mol. The minimum absolute atomic E-state index is 0.0944. The number of carbonyl (C=O) groups is 3. The molecule has 2 N–H and O–H groups in total. The van der Waals surface area contributed by atoms with Gasteiger partial charge in [0.05, 0.1) is 17.9 Å². The third-order valence-electron chi connectivity index (χ3n) is 8.18. The lowest BCUT2D eigenvalue weighted by atomic mass is 9.74. The summed E-state index contributed by atoms with van der Waals surface area (Å²) in [5.74, 6) is -2.25. The number of likely N-dealkylation sites (tertiary alicyclic amines) is 1. The molecule has 2 saturated heterocycles. The topological polar surface area (TPSA) is 87.7 Å². The normalized spacial score (nSPS) is 30.4. The van der Waals surface area contributed by atoms with Gasteiger partial charge in [-0.25, -0.2) is 0 Å². The predicted molar refractivity (Wildman–Crippen MR) is 140 cm³/mol. The first kappa shape index (κ1) is 24.2. The van der Waals surface area contributed by atoms with Crippen LogP contribution in [0.4, 0.5) is 5.69 Å². The zero-order valence-corrected chi connectivity index (χ0v) is 21.2. The van der Waals surface area contributed by atoms with Crippen LogP contribution in [0.25, 0.3) is 0 Å². The Morgan fingerprint density at radius 3 is 2.46 bits per heavy atom. The number of hydrogen-bond acceptors (Lipinski definition) is 4. The van der Waals surface area contributed by atoms with Gasteiger partial charge in [-0.1, -0.05) is 73.3 Å². The van der Waals surface area contributed by atoms with Crippen molar-refractivity contribution in [3.63, 3.8) is 0 Å². The van der Waals surface area contributed by atoms with Gasteiger partial charge in [0.1, 0.15) is 11.6 Å². The Morgan fingerprint density at radius 1 is 1.00 bits per heavy atom. The van der Waals surface area contributed by atoms with Crippen LogP contribution in [0, 0.1) is 11.8 Å². The summed E-state index contributed by atoms with van der Waals surface area (Å²) < 4.78 is 6.42. The quantitative estimate of drug-likeness (QED) is 0.563. The number of nitrogens with zero attached hydrogens (tertiary/aromatic N) is 1. The summed E-state index contributed by atoms with van der Waals surface area (Å²) in [7, 11) is 0. The summed E-state index contributed by atoms with van der Waals surface area (Å²) in [4.78, 5) is 43.0. The van der Waals surface area contributed by atoms with Crippen molar-refractivity contribution in [2.75, 3.05) is 5.32 Å². The zero-order valence-electron chi connectivity index (χ0n) is 20.4. The smallest absolute Gasteiger partial charge is 0.246 e. The molecule has 2 aromatic rings. The average molecular weight is 520 g/mol. The van der Waals surface area contributed by atoms with E-state index in [-0.39, 0.29) is 30.3 Å². The molecule has 4 aliphatic rings. The van der Waals surface area contributed by atoms with Crippen LogP contribution >= 0.6 is 11.6 Å². The van der Waals surface area contributed by atoms with E-state index >= 15 is 0 Å². The summed E-state index contributed by atoms with van der Waals surface area (Å²) in [5.41, 5.74) is 0.342. The van der Waals surface area contributed by atoms with E-state index in [4.69, 9.17) is 16.3 Å². The number of halogens is 1. The maximum Gasteiger partial charge on any atom is 0.246 e. The van der Waals surface area contributed by atoms with E-state index in [0.717, 1.165) is 31.2 Å². The first-order valence-corrected chi connectivity index (χ1v) is 13.4. The van der Waals surface area contributed by atoms with Gasteiger partial charge in [-0.2, -0.15) is 0 Å². The van der Waals surface area contributed by atoms with Crippen LogP contribution in [0.2, 0.25) is 5.02 Å². The molecule has 5 atom stereocenters. The van der Waals surface area contributed by atoms with Crippen molar-refractivity contribution in [1.29, 1.82) is 0 Å². The van der Waals surface area contributed by atoms with Crippen molar-refractivity contribution < 1.29 is 19.1 Å². The molecule has 3 fully saturated rings. The van der Waals surface area contributed by atoms with Gasteiger partial charge in [0.15, 0.2) is 0 Å². The summed E-state index contributed by atoms with van der Waals surface area (Å²) in [5, 5.41) is 6.70. The second kappa shape index (κ2) is 9.62. The van der Waals surface area contributed by atoms with Crippen LogP contribution in [0.15, 0.2) is 66.7 Å². The molecule has 37 heavy (non-hydrogen) atoms. The van der Waals surface area contributed by atoms with Crippen molar-refractivity contribution in [3.05, 3.63) is 77.3 Å². The second-order valence-electron chi connectivity index (χ2n) is 10.5. The Bertz CT molecular complexity index is 1230. The molecule has 0 aromatic heterocycles. The minimum atomic E-state index is -1.17. The first-order valence-electron chi connectivity index (χ1n) is 13.0. The molecule has 6 rings (SSSR count). The zero-order chi connectivity index (χ0) is 25.6. The number of hydrogen-bond donors (Lipinski definition) is 2. The maximum absolute atomic E-state index is 14.0. The van der Waals surface area contributed by atoms with Crippen LogP contribution in [0.5, 0.6) is 0 Å². The molecule has 0 radical (unpaired) electrons. The largest absolute Gasteiger partial charge is 0.359 e. The molecule has 0 unspecified atom stereocenters. The number of anilines is 1. The molecule has 7 nitrogen and oxygen atoms in total. The Labute approximate surface area is 221 Å². The van der Waals surface area contributed by atoms with E-state index in [1.54, 1.807) is 29.2 Å². The highest BCUT2D eigenvalue weighted by molar-refractivity contribution is 6.30. The van der Waals surface area contributed by atoms with Gasteiger partial charge < -0.3 is 20.3 Å². The Balaban J connectivity index is 1.32. The lowest BCUT2D eigenvalue weighted by Crippen LogP contribution is -2.56. The van der Waals surface area contributed by atoms with Crippen LogP contribution in [0.1, 0.15) is 37.7 Å². The lowest BCUT2D eigenvalue weighted by Gasteiger charge is -2.34. The fraction of sp³-hybridized carbons (Fsp3) is 0.414. The van der Waals surface area contributed by atoms with Gasteiger partial charge in [0, 0.05) is 23.3 Å². The highest BCUT2D eigenvalue weighted by Gasteiger charge is 2.72. The number of benzene rings is 2. The number of carbonyl (C=O) groups excluding carboxylic acids is 3. The van der Waals surface area contributed by atoms with E-state index in [1.165, 1.54) is 6.42 Å². The number of fused-ring (bicyclic) bond motifs is 1. The van der Waals surface area contributed by atoms with Crippen LogP contribution < -0.4 is 10.6 Å². The molecule has 2 bridgehead atoms. The highest BCUT2D eigenvalue weighted by Crippen LogP contribution is 2.55. The summed E-state index contributed by atoms with van der Waals surface area (Å²) in [6, 6.07) is 15.7. The summed E-state index contributed by atoms with van der Waals surface area (Å²) in [6.07, 6.45) is 8.34. The minimum Gasteiger partial charge on any atom is -0.359 e. The van der Waals surface area contributed by atoms with Crippen molar-refractivity contribution >= 4 is 35.0 Å². The third kappa shape index (κ3) is 4.24. The van der Waals surface area contributed by atoms with Crippen molar-refractivity contribution in [1.82, 2.24) is 10.2 Å². The van der Waals surface area contributed by atoms with E-state index < -0.39 is 29.6 Å². The predicted octanol–water partition coefficient (Wildman–Crippen LogP) is 4.08. The molecule has 3 aliphatic heterocycles. The Morgan fingerprint density at radius 2 is 1.73 bits per heavy atom. The fourth-order valence-corrected chi connectivity index (χ4v) is 6.63. The number of rotatable bonds is 6. The van der Waals surface area contributed by atoms with E-state index in [0.29, 0.717) is 10.7 Å². The molecule has 3 amide bonds. The highest BCUT2D eigenvalue weighted by atomic mass is 35.5. The molecule has 192 valence electrons. The summed E-state index contributed by atoms with van der Waals surface area (Å²) in [6.45, 7) is 0.272. The molecule has 3 heterocycles. The van der Waals surface area contributed by atoms with Crippen LogP contribution in [-0.2, 0) is 25.7 Å². The second-order valence-corrected chi connectivity index (χ2v) is 10.9.